The number of fused-ring (bicyclic) bond motifs is 1. The van der Waals surface area contributed by atoms with Crippen molar-refractivity contribution in [3.63, 3.8) is 0 Å². The summed E-state index contributed by atoms with van der Waals surface area (Å²) >= 11 is 0. The van der Waals surface area contributed by atoms with Gasteiger partial charge in [0.2, 0.25) is 0 Å². The molecule has 1 saturated carbocycles. The van der Waals surface area contributed by atoms with Crippen LogP contribution in [0.4, 0.5) is 0 Å². The van der Waals surface area contributed by atoms with Crippen LogP contribution in [0.5, 0.6) is 0 Å². The van der Waals surface area contributed by atoms with Crippen molar-refractivity contribution < 1.29 is 4.79 Å². The summed E-state index contributed by atoms with van der Waals surface area (Å²) in [5, 5.41) is 8.33. The Balaban J connectivity index is 1.53. The number of hydrogen-bond acceptors (Lipinski definition) is 3. The quantitative estimate of drug-likeness (QED) is 0.729. The topological polar surface area (TPSA) is 79.8 Å². The first-order valence-electron chi connectivity index (χ1n) is 9.63. The lowest BCUT2D eigenvalue weighted by molar-refractivity contribution is 0.0949. The number of hydrogen-bond donors (Lipinski definition) is 2. The van der Waals surface area contributed by atoms with Gasteiger partial charge in [0.15, 0.2) is 0 Å². The first-order valence-corrected chi connectivity index (χ1v) is 9.63. The Morgan fingerprint density at radius 2 is 2.07 bits per heavy atom. The highest BCUT2D eigenvalue weighted by Gasteiger charge is 2.23. The molecule has 0 saturated heterocycles. The van der Waals surface area contributed by atoms with E-state index in [2.05, 4.69) is 15.4 Å². The van der Waals surface area contributed by atoms with E-state index in [1.165, 1.54) is 12.8 Å². The van der Waals surface area contributed by atoms with Crippen molar-refractivity contribution >= 4 is 16.8 Å². The van der Waals surface area contributed by atoms with Crippen LogP contribution in [0.1, 0.15) is 60.3 Å². The number of para-hydroxylation sites is 1. The molecular weight excluding hydrogens is 340 g/mol. The van der Waals surface area contributed by atoms with Crippen LogP contribution in [0.2, 0.25) is 0 Å². The fourth-order valence-electron chi connectivity index (χ4n) is 3.99. The molecule has 27 heavy (non-hydrogen) atoms. The molecule has 0 spiro atoms. The van der Waals surface area contributed by atoms with Gasteiger partial charge in [-0.3, -0.25) is 14.3 Å². The molecule has 2 N–H and O–H groups in total. The molecule has 0 atom stereocenters. The van der Waals surface area contributed by atoms with Crippen LogP contribution in [0.15, 0.2) is 41.3 Å². The summed E-state index contributed by atoms with van der Waals surface area (Å²) in [5.41, 5.74) is 2.76. The number of aromatic amines is 1. The van der Waals surface area contributed by atoms with Crippen molar-refractivity contribution in [1.82, 2.24) is 20.1 Å². The summed E-state index contributed by atoms with van der Waals surface area (Å²) < 4.78 is 2.03. The molecule has 0 aliphatic heterocycles. The van der Waals surface area contributed by atoms with Crippen LogP contribution in [0.25, 0.3) is 10.9 Å². The number of carbonyl (C=O) groups is 1. The van der Waals surface area contributed by atoms with Crippen molar-refractivity contribution in [2.24, 2.45) is 0 Å². The Bertz CT molecular complexity index is 1030. The monoisotopic (exact) mass is 364 g/mol. The van der Waals surface area contributed by atoms with E-state index in [0.717, 1.165) is 35.9 Å². The van der Waals surface area contributed by atoms with Crippen molar-refractivity contribution in [1.29, 1.82) is 0 Å². The smallest absolute Gasteiger partial charge is 0.255 e. The number of rotatable bonds is 5. The van der Waals surface area contributed by atoms with Crippen molar-refractivity contribution in [2.75, 3.05) is 0 Å². The molecule has 1 fully saturated rings. The third-order valence-electron chi connectivity index (χ3n) is 5.42. The first kappa shape index (κ1) is 17.5. The predicted molar refractivity (Wildman–Crippen MR) is 105 cm³/mol. The molecule has 3 aromatic rings. The second kappa shape index (κ2) is 7.39. The number of nitrogens with one attached hydrogen (secondary N) is 2. The van der Waals surface area contributed by atoms with Gasteiger partial charge in [-0.05, 0) is 36.8 Å². The first-order chi connectivity index (χ1) is 13.2. The number of pyridine rings is 1. The van der Waals surface area contributed by atoms with Crippen molar-refractivity contribution in [3.05, 3.63) is 63.7 Å². The average molecular weight is 364 g/mol. The molecule has 1 aliphatic carbocycles. The fourth-order valence-corrected chi connectivity index (χ4v) is 3.99. The minimum Gasteiger partial charge on any atom is -0.348 e. The van der Waals surface area contributed by atoms with Gasteiger partial charge >= 0.3 is 0 Å². The molecule has 1 amide bonds. The third-order valence-corrected chi connectivity index (χ3v) is 5.42. The van der Waals surface area contributed by atoms with Crippen molar-refractivity contribution in [3.8, 4) is 0 Å². The molecule has 0 radical (unpaired) electrons. The molecule has 1 aromatic carbocycles. The van der Waals surface area contributed by atoms with Gasteiger partial charge in [-0.1, -0.05) is 38.0 Å². The van der Waals surface area contributed by atoms with Crippen LogP contribution in [-0.2, 0) is 13.0 Å². The van der Waals surface area contributed by atoms with Gasteiger partial charge in [-0.15, -0.1) is 0 Å². The second-order valence-corrected chi connectivity index (χ2v) is 7.13. The Hall–Kier alpha value is -2.89. The Morgan fingerprint density at radius 1 is 1.30 bits per heavy atom. The van der Waals surface area contributed by atoms with E-state index in [9.17, 15) is 9.59 Å². The highest BCUT2D eigenvalue weighted by Crippen LogP contribution is 2.30. The van der Waals surface area contributed by atoms with Crippen molar-refractivity contribution in [2.45, 2.75) is 51.6 Å². The lowest BCUT2D eigenvalue weighted by Crippen LogP contribution is -2.27. The van der Waals surface area contributed by atoms with Gasteiger partial charge in [0.1, 0.15) is 0 Å². The maximum Gasteiger partial charge on any atom is 0.255 e. The van der Waals surface area contributed by atoms with Gasteiger partial charge in [0.25, 0.3) is 11.5 Å². The van der Waals surface area contributed by atoms with Crippen LogP contribution in [0, 0.1) is 0 Å². The van der Waals surface area contributed by atoms with E-state index >= 15 is 0 Å². The molecular formula is C21H24N4O2. The van der Waals surface area contributed by atoms with Gasteiger partial charge in [-0.2, -0.15) is 5.10 Å². The largest absolute Gasteiger partial charge is 0.348 e. The van der Waals surface area contributed by atoms with Crippen LogP contribution in [-0.4, -0.2) is 20.7 Å². The van der Waals surface area contributed by atoms with E-state index in [0.29, 0.717) is 17.2 Å². The van der Waals surface area contributed by atoms with Crippen LogP contribution >= 0.6 is 0 Å². The Kier molecular flexibility index (Phi) is 4.79. The molecule has 0 unspecified atom stereocenters. The summed E-state index contributed by atoms with van der Waals surface area (Å²) in [4.78, 5) is 27.8. The molecule has 6 nitrogen and oxygen atoms in total. The molecule has 2 aromatic heterocycles. The lowest BCUT2D eigenvalue weighted by Gasteiger charge is -2.14. The summed E-state index contributed by atoms with van der Waals surface area (Å²) in [6.45, 7) is 2.24. The number of carbonyl (C=O) groups excluding carboxylic acids is 1. The van der Waals surface area contributed by atoms with E-state index < -0.39 is 0 Å². The van der Waals surface area contributed by atoms with Crippen LogP contribution in [0.3, 0.4) is 0 Å². The fraction of sp³-hybridized carbons (Fsp3) is 0.381. The SMILES string of the molecule is CCc1c(C(=O)NCc2cc3ccccc3[nH]c2=O)cnn1C1CCCC1. The number of amides is 1. The van der Waals surface area contributed by atoms with E-state index in [1.807, 2.05) is 41.9 Å². The Morgan fingerprint density at radius 3 is 2.85 bits per heavy atom. The van der Waals surface area contributed by atoms with Gasteiger partial charge in [-0.25, -0.2) is 0 Å². The third kappa shape index (κ3) is 3.39. The molecule has 4 rings (SSSR count). The standard InChI is InChI=1S/C21H24N4O2/c1-2-19-17(13-23-25(19)16-8-4-5-9-16)21(27)22-12-15-11-14-7-3-6-10-18(14)24-20(15)26/h3,6-7,10-11,13,16H,2,4-5,8-9,12H2,1H3,(H,22,27)(H,24,26). The average Bonchev–Trinajstić information content (AvgIpc) is 3.35. The minimum absolute atomic E-state index is 0.175. The Labute approximate surface area is 157 Å². The minimum atomic E-state index is -0.177. The van der Waals surface area contributed by atoms with E-state index in [4.69, 9.17) is 0 Å². The van der Waals surface area contributed by atoms with E-state index in [-0.39, 0.29) is 18.0 Å². The maximum absolute atomic E-state index is 12.7. The zero-order chi connectivity index (χ0) is 18.8. The lowest BCUT2D eigenvalue weighted by atomic mass is 10.1. The number of aromatic nitrogens is 3. The van der Waals surface area contributed by atoms with E-state index in [1.54, 1.807) is 6.20 Å². The predicted octanol–water partition coefficient (Wildman–Crippen LogP) is 3.33. The molecule has 2 heterocycles. The summed E-state index contributed by atoms with van der Waals surface area (Å²) in [6, 6.07) is 9.85. The molecule has 0 bridgehead atoms. The van der Waals surface area contributed by atoms with Gasteiger partial charge in [0.05, 0.1) is 23.5 Å². The summed E-state index contributed by atoms with van der Waals surface area (Å²) in [7, 11) is 0. The zero-order valence-corrected chi connectivity index (χ0v) is 15.5. The summed E-state index contributed by atoms with van der Waals surface area (Å²) in [5.74, 6) is -0.177. The number of nitrogens with zero attached hydrogens (tertiary/aromatic N) is 2. The molecule has 6 heteroatoms. The number of benzene rings is 1. The normalized spacial score (nSPS) is 14.7. The highest BCUT2D eigenvalue weighted by atomic mass is 16.2. The highest BCUT2D eigenvalue weighted by molar-refractivity contribution is 5.95. The summed E-state index contributed by atoms with van der Waals surface area (Å²) in [6.07, 6.45) is 7.12. The molecule has 1 aliphatic rings. The van der Waals surface area contributed by atoms with Crippen LogP contribution < -0.4 is 10.9 Å². The molecule has 140 valence electrons. The maximum atomic E-state index is 12.7. The van der Waals surface area contributed by atoms with Gasteiger partial charge in [0, 0.05) is 17.6 Å². The zero-order valence-electron chi connectivity index (χ0n) is 15.5. The second-order valence-electron chi connectivity index (χ2n) is 7.13. The van der Waals surface area contributed by atoms with Gasteiger partial charge < -0.3 is 10.3 Å². The number of H-pyrrole nitrogens is 1.